The van der Waals surface area contributed by atoms with Crippen molar-refractivity contribution in [3.63, 3.8) is 0 Å². The van der Waals surface area contributed by atoms with Crippen LogP contribution in [0.1, 0.15) is 56.2 Å². The second kappa shape index (κ2) is 7.87. The van der Waals surface area contributed by atoms with E-state index in [9.17, 15) is 9.90 Å². The van der Waals surface area contributed by atoms with E-state index < -0.39 is 5.43 Å². The summed E-state index contributed by atoms with van der Waals surface area (Å²) in [4.78, 5) is 17.4. The lowest BCUT2D eigenvalue weighted by Crippen LogP contribution is -2.36. The van der Waals surface area contributed by atoms with Crippen molar-refractivity contribution in [3.8, 4) is 5.75 Å². The SMILES string of the molecule is C=C1NCCCCCc2cnc3c(ccn3C3(CCCC3)Cn3cc(O)c(=O)c1n3)c2. The molecule has 0 atom stereocenters. The van der Waals surface area contributed by atoms with Crippen molar-refractivity contribution in [3.05, 3.63) is 58.8 Å². The van der Waals surface area contributed by atoms with Gasteiger partial charge in [0.1, 0.15) is 5.65 Å². The molecule has 0 aromatic carbocycles. The quantitative estimate of drug-likeness (QED) is 0.582. The molecule has 1 saturated carbocycles. The highest BCUT2D eigenvalue weighted by Gasteiger charge is 2.37. The van der Waals surface area contributed by atoms with Gasteiger partial charge in [-0.1, -0.05) is 25.8 Å². The van der Waals surface area contributed by atoms with E-state index in [-0.39, 0.29) is 17.0 Å². The van der Waals surface area contributed by atoms with Gasteiger partial charge >= 0.3 is 0 Å². The number of aromatic hydroxyl groups is 1. The van der Waals surface area contributed by atoms with Crippen LogP contribution >= 0.6 is 0 Å². The zero-order chi connectivity index (χ0) is 21.4. The third-order valence-electron chi connectivity index (χ3n) is 6.80. The number of aromatic nitrogens is 4. The Bertz CT molecular complexity index is 1190. The second-order valence-electron chi connectivity index (χ2n) is 8.98. The highest BCUT2D eigenvalue weighted by Crippen LogP contribution is 2.40. The molecule has 0 saturated heterocycles. The van der Waals surface area contributed by atoms with E-state index in [1.54, 1.807) is 4.68 Å². The van der Waals surface area contributed by atoms with Gasteiger partial charge in [-0.25, -0.2) is 4.98 Å². The molecule has 6 rings (SSSR count). The molecule has 0 radical (unpaired) electrons. The summed E-state index contributed by atoms with van der Waals surface area (Å²) in [6.45, 7) is 5.30. The minimum absolute atomic E-state index is 0.190. The highest BCUT2D eigenvalue weighted by molar-refractivity contribution is 5.77. The fourth-order valence-corrected chi connectivity index (χ4v) is 5.15. The Morgan fingerprint density at radius 3 is 2.84 bits per heavy atom. The molecule has 2 aliphatic heterocycles. The van der Waals surface area contributed by atoms with Gasteiger partial charge in [-0.05, 0) is 49.8 Å². The van der Waals surface area contributed by atoms with Crippen LogP contribution in [-0.4, -0.2) is 31.0 Å². The lowest BCUT2D eigenvalue weighted by atomic mass is 9.97. The van der Waals surface area contributed by atoms with E-state index in [1.165, 1.54) is 17.1 Å². The number of fused-ring (bicyclic) bond motifs is 7. The number of nitrogens with one attached hydrogen (secondary N) is 1. The van der Waals surface area contributed by atoms with Gasteiger partial charge in [0.2, 0.25) is 0 Å². The Labute approximate surface area is 181 Å². The first-order chi connectivity index (χ1) is 15.1. The zero-order valence-corrected chi connectivity index (χ0v) is 17.8. The number of nitrogens with zero attached hydrogens (tertiary/aromatic N) is 4. The average molecular weight is 420 g/mol. The lowest BCUT2D eigenvalue weighted by molar-refractivity contribution is 0.240. The minimum Gasteiger partial charge on any atom is -0.503 e. The second-order valence-corrected chi connectivity index (χ2v) is 8.98. The summed E-state index contributed by atoms with van der Waals surface area (Å²) < 4.78 is 4.00. The van der Waals surface area contributed by atoms with Crippen LogP contribution in [0.15, 0.2) is 42.1 Å². The summed E-state index contributed by atoms with van der Waals surface area (Å²) >= 11 is 0. The van der Waals surface area contributed by atoms with Crippen LogP contribution in [0.3, 0.4) is 0 Å². The van der Waals surface area contributed by atoms with Crippen LogP contribution < -0.4 is 10.7 Å². The van der Waals surface area contributed by atoms with E-state index in [0.29, 0.717) is 12.2 Å². The normalized spacial score (nSPS) is 19.2. The third kappa shape index (κ3) is 3.62. The third-order valence-corrected chi connectivity index (χ3v) is 6.80. The van der Waals surface area contributed by atoms with Gasteiger partial charge in [0, 0.05) is 24.3 Å². The van der Waals surface area contributed by atoms with Crippen LogP contribution in [0.2, 0.25) is 0 Å². The van der Waals surface area contributed by atoms with Crippen LogP contribution in [0, 0.1) is 0 Å². The molecule has 1 aliphatic carbocycles. The molecular formula is C24H29N5O2. The topological polar surface area (TPSA) is 85.0 Å². The molecule has 3 aromatic rings. The van der Waals surface area contributed by atoms with Gasteiger partial charge in [0.15, 0.2) is 11.4 Å². The van der Waals surface area contributed by atoms with Crippen molar-refractivity contribution >= 4 is 16.7 Å². The molecule has 2 N–H and O–H groups in total. The largest absolute Gasteiger partial charge is 0.503 e. The maximum Gasteiger partial charge on any atom is 0.251 e. The van der Waals surface area contributed by atoms with Gasteiger partial charge in [-0.2, -0.15) is 5.10 Å². The number of rotatable bonds is 0. The van der Waals surface area contributed by atoms with Crippen LogP contribution in [0.5, 0.6) is 5.75 Å². The molecule has 0 unspecified atom stereocenters. The van der Waals surface area contributed by atoms with Crippen molar-refractivity contribution < 1.29 is 5.11 Å². The Morgan fingerprint density at radius 1 is 1.16 bits per heavy atom. The van der Waals surface area contributed by atoms with Crippen molar-refractivity contribution in [2.24, 2.45) is 0 Å². The average Bonchev–Trinajstić information content (AvgIpc) is 3.39. The fraction of sp³-hybridized carbons (Fsp3) is 0.458. The van der Waals surface area contributed by atoms with Gasteiger partial charge in [-0.15, -0.1) is 0 Å². The minimum atomic E-state index is -0.479. The molecular weight excluding hydrogens is 390 g/mol. The van der Waals surface area contributed by atoms with Crippen molar-refractivity contribution in [1.82, 2.24) is 24.6 Å². The maximum atomic E-state index is 12.5. The van der Waals surface area contributed by atoms with Crippen molar-refractivity contribution in [2.75, 3.05) is 6.54 Å². The van der Waals surface area contributed by atoms with E-state index in [2.05, 4.69) is 39.9 Å². The molecule has 31 heavy (non-hydrogen) atoms. The predicted octanol–water partition coefficient (Wildman–Crippen LogP) is 3.55. The van der Waals surface area contributed by atoms with Crippen molar-refractivity contribution in [1.29, 1.82) is 0 Å². The molecule has 162 valence electrons. The molecule has 3 aliphatic rings. The van der Waals surface area contributed by atoms with Crippen LogP contribution in [0.4, 0.5) is 0 Å². The summed E-state index contributed by atoms with van der Waals surface area (Å²) in [5.41, 5.74) is 2.26. The summed E-state index contributed by atoms with van der Waals surface area (Å²) in [5, 5.41) is 19.3. The first-order valence-electron chi connectivity index (χ1n) is 11.3. The first kappa shape index (κ1) is 19.8. The summed E-state index contributed by atoms with van der Waals surface area (Å²) in [7, 11) is 0. The summed E-state index contributed by atoms with van der Waals surface area (Å²) in [6.07, 6.45) is 14.0. The molecule has 7 heteroatoms. The molecule has 1 spiro atoms. The van der Waals surface area contributed by atoms with Crippen LogP contribution in [0.25, 0.3) is 16.7 Å². The van der Waals surface area contributed by atoms with Gasteiger partial charge in [0.25, 0.3) is 5.43 Å². The van der Waals surface area contributed by atoms with E-state index in [1.807, 2.05) is 6.20 Å². The Morgan fingerprint density at radius 2 is 2.00 bits per heavy atom. The molecule has 3 aromatic heterocycles. The van der Waals surface area contributed by atoms with E-state index >= 15 is 0 Å². The number of hydrogen-bond acceptors (Lipinski definition) is 5. The smallest absolute Gasteiger partial charge is 0.251 e. The first-order valence-corrected chi connectivity index (χ1v) is 11.3. The number of hydrogen-bond donors (Lipinski definition) is 2. The van der Waals surface area contributed by atoms with Crippen LogP contribution in [-0.2, 0) is 18.5 Å². The molecule has 5 heterocycles. The lowest BCUT2D eigenvalue weighted by Gasteiger charge is -2.32. The highest BCUT2D eigenvalue weighted by atomic mass is 16.3. The van der Waals surface area contributed by atoms with E-state index in [0.717, 1.165) is 63.6 Å². The predicted molar refractivity (Wildman–Crippen MR) is 121 cm³/mol. The maximum absolute atomic E-state index is 12.5. The van der Waals surface area contributed by atoms with Gasteiger partial charge in [-0.3, -0.25) is 9.48 Å². The molecule has 7 nitrogen and oxygen atoms in total. The fourth-order valence-electron chi connectivity index (χ4n) is 5.15. The van der Waals surface area contributed by atoms with E-state index in [4.69, 9.17) is 4.98 Å². The molecule has 6 bridgehead atoms. The number of pyridine rings is 1. The molecule has 1 fully saturated rings. The Balaban J connectivity index is 1.64. The number of aryl methyl sites for hydroxylation is 1. The Kier molecular flexibility index (Phi) is 5.04. The summed E-state index contributed by atoms with van der Waals surface area (Å²) in [5.74, 6) is -0.292. The summed E-state index contributed by atoms with van der Waals surface area (Å²) in [6, 6.07) is 4.42. The Hall–Kier alpha value is -3.09. The monoisotopic (exact) mass is 419 g/mol. The van der Waals surface area contributed by atoms with Gasteiger partial charge < -0.3 is 15.0 Å². The zero-order valence-electron chi connectivity index (χ0n) is 17.8. The van der Waals surface area contributed by atoms with Crippen molar-refractivity contribution in [2.45, 2.75) is 63.5 Å². The molecule has 0 amide bonds. The van der Waals surface area contributed by atoms with Gasteiger partial charge in [0.05, 0.1) is 24.0 Å². The standard InChI is InChI=1S/C24H29N5O2/c1-17-21-22(31)20(30)15-28(27-21)16-24(9-4-5-10-24)29-12-8-19-13-18(14-26-23(19)29)7-3-2-6-11-25-17/h8,12-15,25,30H,1-7,9-11,16H2.